The molecule has 0 bridgehead atoms. The summed E-state index contributed by atoms with van der Waals surface area (Å²) in [6, 6.07) is 11.6. The first-order chi connectivity index (χ1) is 12.9. The van der Waals surface area contributed by atoms with Crippen LogP contribution in [0.1, 0.15) is 35.7 Å². The lowest BCUT2D eigenvalue weighted by Crippen LogP contribution is -2.39. The van der Waals surface area contributed by atoms with Crippen molar-refractivity contribution in [3.05, 3.63) is 68.7 Å². The van der Waals surface area contributed by atoms with Crippen molar-refractivity contribution in [2.45, 2.75) is 32.4 Å². The zero-order chi connectivity index (χ0) is 19.6. The molecule has 0 radical (unpaired) electrons. The number of nitrogens with zero attached hydrogens (tertiary/aromatic N) is 2. The molecule has 6 nitrogen and oxygen atoms in total. The van der Waals surface area contributed by atoms with E-state index in [1.54, 1.807) is 12.0 Å². The molecule has 1 atom stereocenters. The standard InChI is InChI=1S/C20H21ClN2O4/c1-13(15-5-6-15)22(12-14-3-8-17(27-2)9-4-14)20(24)18-10-7-16(23(25)26)11-19(18)21/h3-4,7-11,13,15H,5-6,12H2,1-2H3. The second-order valence-corrected chi connectivity index (χ2v) is 7.19. The summed E-state index contributed by atoms with van der Waals surface area (Å²) in [7, 11) is 1.61. The maximum Gasteiger partial charge on any atom is 0.270 e. The van der Waals surface area contributed by atoms with E-state index >= 15 is 0 Å². The number of amides is 1. The first-order valence-electron chi connectivity index (χ1n) is 8.78. The Morgan fingerprint density at radius 2 is 1.96 bits per heavy atom. The number of rotatable bonds is 7. The third-order valence-corrected chi connectivity index (χ3v) is 5.28. The van der Waals surface area contributed by atoms with Crippen molar-refractivity contribution in [2.75, 3.05) is 7.11 Å². The summed E-state index contributed by atoms with van der Waals surface area (Å²) < 4.78 is 5.18. The average molecular weight is 389 g/mol. The second kappa shape index (κ2) is 7.96. The molecule has 7 heteroatoms. The van der Waals surface area contributed by atoms with Crippen molar-refractivity contribution in [2.24, 2.45) is 5.92 Å². The maximum atomic E-state index is 13.2. The topological polar surface area (TPSA) is 72.7 Å². The summed E-state index contributed by atoms with van der Waals surface area (Å²) in [4.78, 5) is 25.4. The van der Waals surface area contributed by atoms with Gasteiger partial charge < -0.3 is 9.64 Å². The van der Waals surface area contributed by atoms with Gasteiger partial charge in [-0.3, -0.25) is 14.9 Å². The van der Waals surface area contributed by atoms with Crippen LogP contribution in [-0.2, 0) is 6.54 Å². The number of nitro benzene ring substituents is 1. The maximum absolute atomic E-state index is 13.2. The minimum Gasteiger partial charge on any atom is -0.497 e. The Bertz CT molecular complexity index is 850. The van der Waals surface area contributed by atoms with Crippen LogP contribution in [0.15, 0.2) is 42.5 Å². The van der Waals surface area contributed by atoms with Gasteiger partial charge in [0.2, 0.25) is 0 Å². The van der Waals surface area contributed by atoms with Crippen LogP contribution in [0.5, 0.6) is 5.75 Å². The Labute approximate surface area is 162 Å². The fraction of sp³-hybridized carbons (Fsp3) is 0.350. The van der Waals surface area contributed by atoms with Gasteiger partial charge in [0.05, 0.1) is 22.6 Å². The van der Waals surface area contributed by atoms with Crippen molar-refractivity contribution in [1.82, 2.24) is 4.90 Å². The third-order valence-electron chi connectivity index (χ3n) is 4.96. The van der Waals surface area contributed by atoms with Gasteiger partial charge in [-0.15, -0.1) is 0 Å². The number of halogens is 1. The minimum atomic E-state index is -0.526. The summed E-state index contributed by atoms with van der Waals surface area (Å²) in [5.74, 6) is 1.01. The van der Waals surface area contributed by atoms with E-state index in [9.17, 15) is 14.9 Å². The van der Waals surface area contributed by atoms with E-state index in [-0.39, 0.29) is 28.2 Å². The van der Waals surface area contributed by atoms with Gasteiger partial charge in [0, 0.05) is 24.7 Å². The molecule has 1 saturated carbocycles. The molecule has 27 heavy (non-hydrogen) atoms. The highest BCUT2D eigenvalue weighted by Crippen LogP contribution is 2.37. The molecule has 1 aliphatic carbocycles. The average Bonchev–Trinajstić information content (AvgIpc) is 3.50. The first-order valence-corrected chi connectivity index (χ1v) is 9.16. The Balaban J connectivity index is 1.87. The van der Waals surface area contributed by atoms with Crippen LogP contribution in [0.3, 0.4) is 0 Å². The number of carbonyl (C=O) groups excluding carboxylic acids is 1. The van der Waals surface area contributed by atoms with Gasteiger partial charge in [0.15, 0.2) is 0 Å². The minimum absolute atomic E-state index is 0.0610. The lowest BCUT2D eigenvalue weighted by Gasteiger charge is -2.30. The highest BCUT2D eigenvalue weighted by molar-refractivity contribution is 6.34. The zero-order valence-corrected chi connectivity index (χ0v) is 16.0. The fourth-order valence-corrected chi connectivity index (χ4v) is 3.36. The molecule has 0 N–H and O–H groups in total. The molecule has 1 unspecified atom stereocenters. The Morgan fingerprint density at radius 1 is 1.30 bits per heavy atom. The van der Waals surface area contributed by atoms with E-state index in [4.69, 9.17) is 16.3 Å². The lowest BCUT2D eigenvalue weighted by molar-refractivity contribution is -0.384. The third kappa shape index (κ3) is 4.39. The van der Waals surface area contributed by atoms with Crippen LogP contribution in [0.2, 0.25) is 5.02 Å². The Kier molecular flexibility index (Phi) is 5.65. The van der Waals surface area contributed by atoms with Crippen molar-refractivity contribution >= 4 is 23.2 Å². The summed E-state index contributed by atoms with van der Waals surface area (Å²) in [5.41, 5.74) is 1.13. The van der Waals surface area contributed by atoms with E-state index in [1.807, 2.05) is 31.2 Å². The summed E-state index contributed by atoms with van der Waals surface area (Å²) in [6.07, 6.45) is 2.20. The molecule has 0 spiro atoms. The Morgan fingerprint density at radius 3 is 2.48 bits per heavy atom. The molecule has 142 valence electrons. The molecule has 1 amide bonds. The zero-order valence-electron chi connectivity index (χ0n) is 15.2. The number of carbonyl (C=O) groups is 1. The monoisotopic (exact) mass is 388 g/mol. The van der Waals surface area contributed by atoms with Crippen LogP contribution in [0, 0.1) is 16.0 Å². The van der Waals surface area contributed by atoms with Crippen LogP contribution >= 0.6 is 11.6 Å². The normalized spacial score (nSPS) is 14.5. The number of hydrogen-bond acceptors (Lipinski definition) is 4. The molecular weight excluding hydrogens is 368 g/mol. The van der Waals surface area contributed by atoms with E-state index < -0.39 is 4.92 Å². The van der Waals surface area contributed by atoms with Gasteiger partial charge in [-0.1, -0.05) is 23.7 Å². The molecule has 1 fully saturated rings. The van der Waals surface area contributed by atoms with E-state index in [2.05, 4.69) is 0 Å². The molecule has 0 saturated heterocycles. The van der Waals surface area contributed by atoms with Crippen molar-refractivity contribution < 1.29 is 14.5 Å². The molecule has 0 aliphatic heterocycles. The van der Waals surface area contributed by atoms with Gasteiger partial charge in [-0.2, -0.15) is 0 Å². The second-order valence-electron chi connectivity index (χ2n) is 6.78. The predicted molar refractivity (Wildman–Crippen MR) is 103 cm³/mol. The molecule has 0 heterocycles. The van der Waals surface area contributed by atoms with Crippen molar-refractivity contribution in [3.63, 3.8) is 0 Å². The predicted octanol–water partition coefficient (Wildman–Crippen LogP) is 4.70. The van der Waals surface area contributed by atoms with E-state index in [0.717, 1.165) is 24.2 Å². The number of benzene rings is 2. The van der Waals surface area contributed by atoms with E-state index in [1.165, 1.54) is 18.2 Å². The molecule has 3 rings (SSSR count). The van der Waals surface area contributed by atoms with Crippen LogP contribution in [-0.4, -0.2) is 28.9 Å². The van der Waals surface area contributed by atoms with Crippen molar-refractivity contribution in [3.8, 4) is 5.75 Å². The quantitative estimate of drug-likeness (QED) is 0.509. The molecule has 1 aliphatic rings. The number of hydrogen-bond donors (Lipinski definition) is 0. The van der Waals surface area contributed by atoms with Crippen LogP contribution in [0.4, 0.5) is 5.69 Å². The SMILES string of the molecule is COc1ccc(CN(C(=O)c2ccc([N+](=O)[O-])cc2Cl)C(C)C2CC2)cc1. The highest BCUT2D eigenvalue weighted by atomic mass is 35.5. The smallest absolute Gasteiger partial charge is 0.270 e. The molecular formula is C20H21ClN2O4. The number of ether oxygens (including phenoxy) is 1. The van der Waals surface area contributed by atoms with Crippen LogP contribution < -0.4 is 4.74 Å². The lowest BCUT2D eigenvalue weighted by atomic mass is 10.1. The van der Waals surface area contributed by atoms with Gasteiger partial charge >= 0.3 is 0 Å². The number of non-ortho nitro benzene ring substituents is 1. The van der Waals surface area contributed by atoms with Gasteiger partial charge in [-0.25, -0.2) is 0 Å². The van der Waals surface area contributed by atoms with Gasteiger partial charge in [0.1, 0.15) is 5.75 Å². The Hall–Kier alpha value is -2.60. The molecule has 2 aromatic carbocycles. The fourth-order valence-electron chi connectivity index (χ4n) is 3.11. The molecule has 0 aromatic heterocycles. The summed E-state index contributed by atoms with van der Waals surface area (Å²) in [6.45, 7) is 2.48. The largest absolute Gasteiger partial charge is 0.497 e. The molecule has 2 aromatic rings. The first kappa shape index (κ1) is 19.2. The van der Waals surface area contributed by atoms with Crippen molar-refractivity contribution in [1.29, 1.82) is 0 Å². The van der Waals surface area contributed by atoms with Gasteiger partial charge in [-0.05, 0) is 49.4 Å². The highest BCUT2D eigenvalue weighted by Gasteiger charge is 2.35. The number of methoxy groups -OCH3 is 1. The van der Waals surface area contributed by atoms with Gasteiger partial charge in [0.25, 0.3) is 11.6 Å². The van der Waals surface area contributed by atoms with E-state index in [0.29, 0.717) is 12.5 Å². The summed E-state index contributed by atoms with van der Waals surface area (Å²) in [5, 5.41) is 11.0. The van der Waals surface area contributed by atoms with Crippen LogP contribution in [0.25, 0.3) is 0 Å². The number of nitro groups is 1. The summed E-state index contributed by atoms with van der Waals surface area (Å²) >= 11 is 6.19.